The molecule has 5 aromatic rings. The van der Waals surface area contributed by atoms with E-state index in [-0.39, 0.29) is 46.9 Å². The number of hydrogen-bond donors (Lipinski definition) is 5. The first-order chi connectivity index (χ1) is 20.7. The third kappa shape index (κ3) is 4.26. The number of nitrogens with zero attached hydrogens (tertiary/aromatic N) is 2. The molecule has 8 nitrogen and oxygen atoms in total. The van der Waals surface area contributed by atoms with Gasteiger partial charge in [-0.15, -0.1) is 0 Å². The third-order valence-corrected chi connectivity index (χ3v) is 8.72. The van der Waals surface area contributed by atoms with Crippen molar-refractivity contribution in [3.63, 3.8) is 0 Å². The maximum atomic E-state index is 14.5. The molecule has 0 saturated carbocycles. The van der Waals surface area contributed by atoms with Crippen molar-refractivity contribution in [3.8, 4) is 39.9 Å². The van der Waals surface area contributed by atoms with Crippen LogP contribution in [0.25, 0.3) is 16.7 Å². The van der Waals surface area contributed by atoms with Gasteiger partial charge in [0, 0.05) is 22.2 Å². The fourth-order valence-electron chi connectivity index (χ4n) is 5.86. The highest BCUT2D eigenvalue weighted by Gasteiger charge is 2.36. The highest BCUT2D eigenvalue weighted by Crippen LogP contribution is 2.46. The number of phenols is 5. The maximum Gasteiger partial charge on any atom is 0.259 e. The highest BCUT2D eigenvalue weighted by atomic mass is 127. The molecular formula is C34H23IN2O6. The molecule has 0 bridgehead atoms. The first kappa shape index (κ1) is 26.8. The lowest BCUT2D eigenvalue weighted by molar-refractivity contribution is -0.113. The van der Waals surface area contributed by atoms with Gasteiger partial charge in [0.15, 0.2) is 5.75 Å². The molecule has 1 amide bonds. The molecule has 5 N–H and O–H groups in total. The molecule has 0 fully saturated rings. The minimum Gasteiger partial charge on any atom is -0.508 e. The Labute approximate surface area is 258 Å². The van der Waals surface area contributed by atoms with Gasteiger partial charge < -0.3 is 30.4 Å². The average molecular weight is 682 g/mol. The van der Waals surface area contributed by atoms with Gasteiger partial charge in [-0.05, 0) is 88.2 Å². The Balaban J connectivity index is 1.59. The monoisotopic (exact) mass is 682 g/mol. The van der Waals surface area contributed by atoms with Crippen molar-refractivity contribution in [2.24, 2.45) is 4.99 Å². The van der Waals surface area contributed by atoms with Crippen LogP contribution < -0.4 is 15.5 Å². The summed E-state index contributed by atoms with van der Waals surface area (Å²) in [7, 11) is 0. The van der Waals surface area contributed by atoms with Crippen molar-refractivity contribution in [1.29, 1.82) is 0 Å². The van der Waals surface area contributed by atoms with E-state index >= 15 is 0 Å². The second kappa shape index (κ2) is 10.1. The first-order valence-electron chi connectivity index (χ1n) is 13.5. The number of amides is 1. The van der Waals surface area contributed by atoms with Crippen LogP contribution in [0, 0.1) is 14.0 Å². The number of para-hydroxylation sites is 1. The summed E-state index contributed by atoms with van der Waals surface area (Å²) in [6.45, 7) is 0.252. The number of hydrogen-bond acceptors (Lipinski definition) is 7. The van der Waals surface area contributed by atoms with Gasteiger partial charge in [-0.3, -0.25) is 4.79 Å². The molecule has 7 rings (SSSR count). The van der Waals surface area contributed by atoms with E-state index in [0.717, 1.165) is 5.56 Å². The van der Waals surface area contributed by atoms with Crippen molar-refractivity contribution in [1.82, 2.24) is 0 Å². The number of anilines is 1. The molecule has 0 unspecified atom stereocenters. The number of halogens is 1. The lowest BCUT2D eigenvalue weighted by atomic mass is 9.95. The van der Waals surface area contributed by atoms with Gasteiger partial charge in [0.2, 0.25) is 0 Å². The van der Waals surface area contributed by atoms with E-state index in [1.54, 1.807) is 47.4 Å². The molecular weight excluding hydrogens is 659 g/mol. The molecule has 0 aromatic heterocycles. The van der Waals surface area contributed by atoms with Crippen LogP contribution in [-0.4, -0.2) is 38.0 Å². The smallest absolute Gasteiger partial charge is 0.259 e. The zero-order chi connectivity index (χ0) is 30.0. The number of fused-ring (bicyclic) bond motifs is 4. The summed E-state index contributed by atoms with van der Waals surface area (Å²) < 4.78 is 0.692. The molecule has 9 heteroatoms. The van der Waals surface area contributed by atoms with E-state index in [1.165, 1.54) is 30.3 Å². The molecule has 0 saturated heterocycles. The first-order valence-corrected chi connectivity index (χ1v) is 14.5. The van der Waals surface area contributed by atoms with Crippen molar-refractivity contribution in [2.75, 3.05) is 11.4 Å². The van der Waals surface area contributed by atoms with Crippen LogP contribution in [0.3, 0.4) is 0 Å². The predicted octanol–water partition coefficient (Wildman–Crippen LogP) is 4.83. The van der Waals surface area contributed by atoms with Crippen LogP contribution in [0.15, 0.2) is 89.9 Å². The van der Waals surface area contributed by atoms with Crippen LogP contribution in [-0.2, 0) is 11.2 Å². The number of aromatic hydroxyl groups is 5. The lowest BCUT2D eigenvalue weighted by Crippen LogP contribution is -2.31. The molecule has 0 atom stereocenters. The molecule has 2 heterocycles. The molecule has 0 aliphatic carbocycles. The van der Waals surface area contributed by atoms with E-state index in [9.17, 15) is 30.3 Å². The molecule has 5 aromatic carbocycles. The summed E-state index contributed by atoms with van der Waals surface area (Å²) in [5.41, 5.74) is 3.51. The number of benzene rings is 5. The summed E-state index contributed by atoms with van der Waals surface area (Å²) in [6, 6.07) is 23.0. The normalized spacial score (nSPS) is 13.1. The number of carbonyl (C=O) groups excluding carboxylic acids is 1. The largest absolute Gasteiger partial charge is 0.508 e. The van der Waals surface area contributed by atoms with Crippen molar-refractivity contribution in [2.45, 2.75) is 6.42 Å². The summed E-state index contributed by atoms with van der Waals surface area (Å²) in [5, 5.41) is 54.6. The topological polar surface area (TPSA) is 134 Å². The summed E-state index contributed by atoms with van der Waals surface area (Å²) in [4.78, 5) is 20.8. The maximum absolute atomic E-state index is 14.5. The van der Waals surface area contributed by atoms with Gasteiger partial charge >= 0.3 is 0 Å². The SMILES string of the molecule is O=C1C(c2ccc(O)cc2)=c2c(c(-c3ccc(O)cc3)c(O)c3c2=c2cccc(O)c2=N3)N1CCc1ccc(O)c(I)c1. The zero-order valence-electron chi connectivity index (χ0n) is 22.4. The number of phenolic OH excluding ortho intramolecular Hbond substituents is 5. The quantitative estimate of drug-likeness (QED) is 0.166. The van der Waals surface area contributed by atoms with Crippen LogP contribution in [0.4, 0.5) is 11.4 Å². The van der Waals surface area contributed by atoms with E-state index in [4.69, 9.17) is 0 Å². The van der Waals surface area contributed by atoms with Crippen LogP contribution in [0.2, 0.25) is 0 Å². The van der Waals surface area contributed by atoms with Crippen molar-refractivity contribution < 1.29 is 30.3 Å². The average Bonchev–Trinajstić information content (AvgIpc) is 3.52. The summed E-state index contributed by atoms with van der Waals surface area (Å²) in [6.07, 6.45) is 0.457. The third-order valence-electron chi connectivity index (χ3n) is 7.86. The van der Waals surface area contributed by atoms with Gasteiger partial charge in [-0.1, -0.05) is 42.5 Å². The predicted molar refractivity (Wildman–Crippen MR) is 169 cm³/mol. The van der Waals surface area contributed by atoms with Crippen molar-refractivity contribution in [3.05, 3.63) is 121 Å². The van der Waals surface area contributed by atoms with Gasteiger partial charge in [0.25, 0.3) is 5.91 Å². The summed E-state index contributed by atoms with van der Waals surface area (Å²) in [5.74, 6) is -0.221. The zero-order valence-corrected chi connectivity index (χ0v) is 24.6. The van der Waals surface area contributed by atoms with E-state index < -0.39 is 0 Å². The lowest BCUT2D eigenvalue weighted by Gasteiger charge is -2.23. The van der Waals surface area contributed by atoms with E-state index in [2.05, 4.69) is 27.6 Å². The Morgan fingerprint density at radius 2 is 1.42 bits per heavy atom. The standard InChI is InChI=1S/C34H23IN2O6/c35-23-16-17(4-13-24(23)40)14-15-37-32-27(19-7-11-21(39)12-8-19)33(42)31-28(22-2-1-3-25(41)30(22)36-31)29(32)26(34(37)43)18-5-9-20(38)10-6-18/h1-13,16,38-42H,14-15H2. The molecule has 2 aliphatic heterocycles. The fourth-order valence-corrected chi connectivity index (χ4v) is 6.44. The van der Waals surface area contributed by atoms with Crippen molar-refractivity contribution >= 4 is 45.4 Å². The minimum absolute atomic E-state index is 0.0503. The Hall–Kier alpha value is -5.03. The molecule has 2 aliphatic rings. The number of rotatable bonds is 5. The highest BCUT2D eigenvalue weighted by molar-refractivity contribution is 14.1. The van der Waals surface area contributed by atoms with Crippen LogP contribution in [0.5, 0.6) is 28.7 Å². The summed E-state index contributed by atoms with van der Waals surface area (Å²) >= 11 is 2.06. The van der Waals surface area contributed by atoms with Gasteiger partial charge in [-0.25, -0.2) is 4.99 Å². The van der Waals surface area contributed by atoms with Gasteiger partial charge in [-0.2, -0.15) is 0 Å². The fraction of sp³-hybridized carbons (Fsp3) is 0.0588. The second-order valence-corrected chi connectivity index (χ2v) is 11.6. The van der Waals surface area contributed by atoms with E-state index in [1.807, 2.05) is 12.1 Å². The Morgan fingerprint density at radius 3 is 2.09 bits per heavy atom. The Kier molecular flexibility index (Phi) is 6.28. The molecule has 0 radical (unpaired) electrons. The van der Waals surface area contributed by atoms with E-state index in [0.29, 0.717) is 59.0 Å². The Morgan fingerprint density at radius 1 is 0.744 bits per heavy atom. The second-order valence-electron chi connectivity index (χ2n) is 10.4. The molecule has 212 valence electrons. The molecule has 43 heavy (non-hydrogen) atoms. The van der Waals surface area contributed by atoms with Crippen LogP contribution >= 0.6 is 22.6 Å². The van der Waals surface area contributed by atoms with Gasteiger partial charge in [0.05, 0.1) is 20.4 Å². The minimum atomic E-state index is -0.296. The molecule has 0 spiro atoms. The van der Waals surface area contributed by atoms with Crippen LogP contribution in [0.1, 0.15) is 11.1 Å². The Bertz CT molecular complexity index is 2210. The van der Waals surface area contributed by atoms with Gasteiger partial charge in [0.1, 0.15) is 34.0 Å². The number of carbonyl (C=O) groups is 1.